The summed E-state index contributed by atoms with van der Waals surface area (Å²) in [6.45, 7) is 7.73. The largest absolute Gasteiger partial charge is 0.488 e. The summed E-state index contributed by atoms with van der Waals surface area (Å²) in [7, 11) is -3.85. The topological polar surface area (TPSA) is 84.5 Å². The highest BCUT2D eigenvalue weighted by atomic mass is 32.2. The first-order chi connectivity index (χ1) is 13.1. The van der Waals surface area contributed by atoms with Gasteiger partial charge in [0.1, 0.15) is 11.4 Å². The van der Waals surface area contributed by atoms with E-state index in [1.54, 1.807) is 36.4 Å². The number of sulfonamides is 1. The zero-order valence-corrected chi connectivity index (χ0v) is 17.4. The minimum atomic E-state index is -3.85. The molecule has 0 spiro atoms. The van der Waals surface area contributed by atoms with Crippen LogP contribution < -0.4 is 14.8 Å². The van der Waals surface area contributed by atoms with Gasteiger partial charge in [0.2, 0.25) is 0 Å². The molecule has 1 amide bonds. The Kier molecular flexibility index (Phi) is 5.39. The zero-order chi connectivity index (χ0) is 20.5. The van der Waals surface area contributed by atoms with Gasteiger partial charge in [0, 0.05) is 6.04 Å². The highest BCUT2D eigenvalue weighted by Crippen LogP contribution is 2.34. The second-order valence-electron chi connectivity index (χ2n) is 7.91. The number of carbonyl (C=O) groups is 1. The number of hydrogen-bond donors (Lipinski definition) is 2. The van der Waals surface area contributed by atoms with Gasteiger partial charge in [-0.3, -0.25) is 9.52 Å². The number of fused-ring (bicyclic) bond motifs is 1. The summed E-state index contributed by atoms with van der Waals surface area (Å²) in [5.41, 5.74) is 1.14. The summed E-state index contributed by atoms with van der Waals surface area (Å²) in [5, 5.41) is 2.78. The third-order valence-electron chi connectivity index (χ3n) is 4.56. The number of anilines is 1. The van der Waals surface area contributed by atoms with E-state index in [0.717, 1.165) is 18.4 Å². The molecule has 0 aromatic heterocycles. The highest BCUT2D eigenvalue weighted by Gasteiger charge is 2.28. The van der Waals surface area contributed by atoms with Crippen molar-refractivity contribution < 1.29 is 17.9 Å². The molecule has 2 aromatic carbocycles. The fourth-order valence-corrected chi connectivity index (χ4v) is 4.25. The first-order valence-electron chi connectivity index (χ1n) is 9.32. The Hall–Kier alpha value is -2.54. The van der Waals surface area contributed by atoms with Crippen LogP contribution in [0.2, 0.25) is 0 Å². The molecule has 7 heteroatoms. The Labute approximate surface area is 166 Å². The molecular formula is C21H26N2O4S. The van der Waals surface area contributed by atoms with Crippen molar-refractivity contribution in [3.63, 3.8) is 0 Å². The Morgan fingerprint density at radius 2 is 1.86 bits per heavy atom. The molecule has 0 radical (unpaired) electrons. The van der Waals surface area contributed by atoms with Gasteiger partial charge >= 0.3 is 0 Å². The van der Waals surface area contributed by atoms with Crippen molar-refractivity contribution >= 4 is 21.6 Å². The second kappa shape index (κ2) is 7.47. The van der Waals surface area contributed by atoms with E-state index in [0.29, 0.717) is 5.75 Å². The Morgan fingerprint density at radius 3 is 2.57 bits per heavy atom. The van der Waals surface area contributed by atoms with Crippen LogP contribution in [0, 0.1) is 0 Å². The molecule has 6 nitrogen and oxygen atoms in total. The van der Waals surface area contributed by atoms with Crippen LogP contribution in [-0.4, -0.2) is 26.0 Å². The van der Waals surface area contributed by atoms with E-state index in [-0.39, 0.29) is 33.7 Å². The molecule has 1 aliphatic heterocycles. The fourth-order valence-electron chi connectivity index (χ4n) is 3.12. The maximum atomic E-state index is 12.9. The van der Waals surface area contributed by atoms with Crippen molar-refractivity contribution in [2.24, 2.45) is 0 Å². The molecule has 0 saturated carbocycles. The molecule has 0 fully saturated rings. The standard InChI is InChI=1S/C21H26N2O4S/c1-14(2)22-20(24)17-7-5-6-8-18(17)23-28(25,26)16-9-10-19-15(13-16)11-12-21(3,4)27-19/h5-10,13-14,23H,11-12H2,1-4H3,(H,22,24). The number of aryl methyl sites for hydroxylation is 1. The number of para-hydroxylation sites is 1. The van der Waals surface area contributed by atoms with Gasteiger partial charge in [0.25, 0.3) is 15.9 Å². The van der Waals surface area contributed by atoms with Crippen molar-refractivity contribution in [1.29, 1.82) is 0 Å². The van der Waals surface area contributed by atoms with E-state index >= 15 is 0 Å². The van der Waals surface area contributed by atoms with Gasteiger partial charge in [0.15, 0.2) is 0 Å². The van der Waals surface area contributed by atoms with Crippen LogP contribution in [0.3, 0.4) is 0 Å². The summed E-state index contributed by atoms with van der Waals surface area (Å²) in [6.07, 6.45) is 1.56. The second-order valence-corrected chi connectivity index (χ2v) is 9.59. The van der Waals surface area contributed by atoms with Crippen LogP contribution in [0.25, 0.3) is 0 Å². The lowest BCUT2D eigenvalue weighted by atomic mass is 9.94. The van der Waals surface area contributed by atoms with Gasteiger partial charge in [-0.25, -0.2) is 8.42 Å². The predicted molar refractivity (Wildman–Crippen MR) is 109 cm³/mol. The highest BCUT2D eigenvalue weighted by molar-refractivity contribution is 7.92. The maximum absolute atomic E-state index is 12.9. The van der Waals surface area contributed by atoms with Gasteiger partial charge in [0.05, 0.1) is 16.1 Å². The lowest BCUT2D eigenvalue weighted by Crippen LogP contribution is -2.32. The van der Waals surface area contributed by atoms with E-state index in [9.17, 15) is 13.2 Å². The normalized spacial score (nSPS) is 15.5. The van der Waals surface area contributed by atoms with Crippen LogP contribution in [0.5, 0.6) is 5.75 Å². The molecule has 3 rings (SSSR count). The molecule has 150 valence electrons. The number of ether oxygens (including phenoxy) is 1. The van der Waals surface area contributed by atoms with Crippen molar-refractivity contribution in [2.45, 2.75) is 57.1 Å². The molecule has 1 heterocycles. The van der Waals surface area contributed by atoms with Crippen LogP contribution in [0.15, 0.2) is 47.4 Å². The Morgan fingerprint density at radius 1 is 1.14 bits per heavy atom. The molecule has 0 unspecified atom stereocenters. The predicted octanol–water partition coefficient (Wildman–Crippen LogP) is 3.73. The average Bonchev–Trinajstić information content (AvgIpc) is 2.60. The quantitative estimate of drug-likeness (QED) is 0.798. The van der Waals surface area contributed by atoms with E-state index in [1.807, 2.05) is 27.7 Å². The van der Waals surface area contributed by atoms with E-state index < -0.39 is 10.0 Å². The molecule has 1 aliphatic rings. The van der Waals surface area contributed by atoms with Crippen LogP contribution in [-0.2, 0) is 16.4 Å². The molecule has 2 N–H and O–H groups in total. The third kappa shape index (κ3) is 4.47. The molecular weight excluding hydrogens is 376 g/mol. The maximum Gasteiger partial charge on any atom is 0.261 e. The molecule has 2 aromatic rings. The van der Waals surface area contributed by atoms with Crippen LogP contribution in [0.4, 0.5) is 5.69 Å². The van der Waals surface area contributed by atoms with E-state index in [2.05, 4.69) is 10.0 Å². The third-order valence-corrected chi connectivity index (χ3v) is 5.92. The van der Waals surface area contributed by atoms with Crippen molar-refractivity contribution in [1.82, 2.24) is 5.32 Å². The number of nitrogens with one attached hydrogen (secondary N) is 2. The fraction of sp³-hybridized carbons (Fsp3) is 0.381. The van der Waals surface area contributed by atoms with Crippen LogP contribution in [0.1, 0.15) is 50.0 Å². The van der Waals surface area contributed by atoms with E-state index in [1.165, 1.54) is 6.07 Å². The van der Waals surface area contributed by atoms with E-state index in [4.69, 9.17) is 4.74 Å². The summed E-state index contributed by atoms with van der Waals surface area (Å²) < 4.78 is 34.3. The first-order valence-corrected chi connectivity index (χ1v) is 10.8. The summed E-state index contributed by atoms with van der Waals surface area (Å²) in [5.74, 6) is 0.390. The number of benzene rings is 2. The Bertz CT molecular complexity index is 997. The minimum Gasteiger partial charge on any atom is -0.488 e. The Balaban J connectivity index is 1.89. The summed E-state index contributed by atoms with van der Waals surface area (Å²) in [6, 6.07) is 11.4. The monoisotopic (exact) mass is 402 g/mol. The summed E-state index contributed by atoms with van der Waals surface area (Å²) >= 11 is 0. The number of amides is 1. The molecule has 0 bridgehead atoms. The van der Waals surface area contributed by atoms with Gasteiger partial charge in [-0.05, 0) is 76.4 Å². The van der Waals surface area contributed by atoms with Crippen molar-refractivity contribution in [3.05, 3.63) is 53.6 Å². The van der Waals surface area contributed by atoms with Gasteiger partial charge in [-0.2, -0.15) is 0 Å². The van der Waals surface area contributed by atoms with Gasteiger partial charge < -0.3 is 10.1 Å². The molecule has 28 heavy (non-hydrogen) atoms. The summed E-state index contributed by atoms with van der Waals surface area (Å²) in [4.78, 5) is 12.5. The van der Waals surface area contributed by atoms with Gasteiger partial charge in [-0.1, -0.05) is 12.1 Å². The minimum absolute atomic E-state index is 0.0536. The SMILES string of the molecule is CC(C)NC(=O)c1ccccc1NS(=O)(=O)c1ccc2c(c1)CCC(C)(C)O2. The molecule has 0 atom stereocenters. The van der Waals surface area contributed by atoms with Crippen molar-refractivity contribution in [2.75, 3.05) is 4.72 Å². The molecule has 0 aliphatic carbocycles. The number of hydrogen-bond acceptors (Lipinski definition) is 4. The molecule has 0 saturated heterocycles. The lowest BCUT2D eigenvalue weighted by Gasteiger charge is -2.32. The zero-order valence-electron chi connectivity index (χ0n) is 16.6. The lowest BCUT2D eigenvalue weighted by molar-refractivity contribution is 0.0845. The van der Waals surface area contributed by atoms with Crippen LogP contribution >= 0.6 is 0 Å². The first kappa shape index (κ1) is 20.2. The average molecular weight is 403 g/mol. The number of carbonyl (C=O) groups excluding carboxylic acids is 1. The van der Waals surface area contributed by atoms with Gasteiger partial charge in [-0.15, -0.1) is 0 Å². The van der Waals surface area contributed by atoms with Crippen molar-refractivity contribution in [3.8, 4) is 5.75 Å². The number of rotatable bonds is 5. The smallest absolute Gasteiger partial charge is 0.261 e.